The normalized spacial score (nSPS) is 13.2. The van der Waals surface area contributed by atoms with Gasteiger partial charge in [-0.05, 0) is 86.3 Å². The van der Waals surface area contributed by atoms with E-state index in [1.54, 1.807) is 0 Å². The molecule has 0 spiro atoms. The molecule has 4 nitrogen and oxygen atoms in total. The van der Waals surface area contributed by atoms with E-state index in [0.717, 1.165) is 50.7 Å². The molecule has 0 fully saturated rings. The molecule has 1 aliphatic heterocycles. The molecule has 0 radical (unpaired) electrons. The van der Waals surface area contributed by atoms with Gasteiger partial charge in [-0.1, -0.05) is 128 Å². The molecule has 0 aliphatic carbocycles. The van der Waals surface area contributed by atoms with Crippen molar-refractivity contribution in [3.8, 4) is 16.9 Å². The summed E-state index contributed by atoms with van der Waals surface area (Å²) in [5.74, 6) is 0.908. The first-order chi connectivity index (χ1) is 27.3. The van der Waals surface area contributed by atoms with Gasteiger partial charge >= 0.3 is 0 Å². The smallest absolute Gasteiger partial charge is 0.135 e. The van der Waals surface area contributed by atoms with Crippen molar-refractivity contribution in [2.45, 2.75) is 71.6 Å². The van der Waals surface area contributed by atoms with Crippen molar-refractivity contribution >= 4 is 44.6 Å². The van der Waals surface area contributed by atoms with Crippen LogP contribution >= 0.6 is 0 Å². The molecule has 9 rings (SSSR count). The van der Waals surface area contributed by atoms with Crippen molar-refractivity contribution in [2.24, 2.45) is 0 Å². The summed E-state index contributed by atoms with van der Waals surface area (Å²) in [5, 5.41) is 2.36. The Morgan fingerprint density at radius 2 is 1.21 bits per heavy atom. The van der Waals surface area contributed by atoms with Crippen molar-refractivity contribution in [2.75, 3.05) is 9.80 Å². The first kappa shape index (κ1) is 39.4. The monoisotopic (exact) mass is 936 g/mol. The fraction of sp³-hybridized carbons (Fsp3) is 0.208. The summed E-state index contributed by atoms with van der Waals surface area (Å²) in [7, 11) is 0. The second-order valence-corrected chi connectivity index (χ2v) is 17.9. The van der Waals surface area contributed by atoms with Gasteiger partial charge < -0.3 is 14.4 Å². The van der Waals surface area contributed by atoms with Gasteiger partial charge in [0.05, 0.1) is 0 Å². The van der Waals surface area contributed by atoms with Crippen LogP contribution in [0.25, 0.3) is 38.8 Å². The number of pyridine rings is 1. The molecule has 0 N–H and O–H groups in total. The Kier molecular flexibility index (Phi) is 10.0. The average Bonchev–Trinajstić information content (AvgIpc) is 3.77. The molecule has 0 atom stereocenters. The number of hydrogen-bond acceptors (Lipinski definition) is 3. The van der Waals surface area contributed by atoms with Crippen LogP contribution in [0.5, 0.6) is 0 Å². The minimum absolute atomic E-state index is 0. The molecule has 2 aromatic heterocycles. The molecule has 0 unspecified atom stereocenters. The first-order valence-electron chi connectivity index (χ1n) is 20.0. The van der Waals surface area contributed by atoms with E-state index in [1.165, 1.54) is 33.0 Å². The fourth-order valence-electron chi connectivity index (χ4n) is 8.10. The van der Waals surface area contributed by atoms with Crippen LogP contribution in [0.2, 0.25) is 0 Å². The summed E-state index contributed by atoms with van der Waals surface area (Å²) in [6.07, 6.45) is 1.93. The van der Waals surface area contributed by atoms with Crippen LogP contribution in [0, 0.1) is 18.8 Å². The van der Waals surface area contributed by atoms with Gasteiger partial charge in [-0.15, -0.1) is 17.7 Å². The molecule has 3 heterocycles. The minimum Gasteiger partial charge on any atom is -0.493 e. The third kappa shape index (κ3) is 6.96. The summed E-state index contributed by atoms with van der Waals surface area (Å²) in [4.78, 5) is 9.51. The molecule has 0 bridgehead atoms. The largest absolute Gasteiger partial charge is 0.493 e. The predicted octanol–water partition coefficient (Wildman–Crippen LogP) is 13.8. The Hall–Kier alpha value is -5.44. The van der Waals surface area contributed by atoms with Crippen LogP contribution in [0.1, 0.15) is 77.6 Å². The fourth-order valence-corrected chi connectivity index (χ4v) is 8.10. The number of para-hydroxylation sites is 3. The van der Waals surface area contributed by atoms with Gasteiger partial charge in [0, 0.05) is 49.8 Å². The van der Waals surface area contributed by atoms with E-state index in [4.69, 9.17) is 4.98 Å². The molecule has 0 saturated heterocycles. The molecule has 294 valence electrons. The van der Waals surface area contributed by atoms with E-state index >= 15 is 0 Å². The molecular weight excluding hydrogens is 888 g/mol. The Balaban J connectivity index is 0.00000469. The quantitative estimate of drug-likeness (QED) is 0.155. The molecule has 8 aromatic rings. The maximum Gasteiger partial charge on any atom is 0.135 e. The van der Waals surface area contributed by atoms with Gasteiger partial charge in [0.15, 0.2) is 0 Å². The number of anilines is 4. The van der Waals surface area contributed by atoms with Crippen LogP contribution < -0.4 is 9.80 Å². The molecule has 5 heteroatoms. The van der Waals surface area contributed by atoms with E-state index < -0.39 is 5.41 Å². The number of nitrogens with zero attached hydrogens (tertiary/aromatic N) is 4. The van der Waals surface area contributed by atoms with Crippen LogP contribution in [-0.4, -0.2) is 9.55 Å². The van der Waals surface area contributed by atoms with Crippen LogP contribution in [0.3, 0.4) is 0 Å². The molecule has 6 aromatic carbocycles. The predicted molar refractivity (Wildman–Crippen MR) is 239 cm³/mol. The molecule has 0 amide bonds. The number of aromatic nitrogens is 2. The third-order valence-electron chi connectivity index (χ3n) is 11.6. The minimum atomic E-state index is -0.406. The van der Waals surface area contributed by atoms with Gasteiger partial charge in [-0.25, -0.2) is 4.98 Å². The number of fused-ring (bicyclic) bond motifs is 4. The summed E-state index contributed by atoms with van der Waals surface area (Å²) in [6.45, 7) is 20.4. The molecule has 58 heavy (non-hydrogen) atoms. The zero-order chi connectivity index (χ0) is 39.7. The van der Waals surface area contributed by atoms with Gasteiger partial charge in [0.1, 0.15) is 5.82 Å². The molecule has 0 saturated carbocycles. The maximum absolute atomic E-state index is 4.91. The zero-order valence-electron chi connectivity index (χ0n) is 34.5. The Labute approximate surface area is 358 Å². The van der Waals surface area contributed by atoms with Crippen molar-refractivity contribution in [1.82, 2.24) is 9.55 Å². The second kappa shape index (κ2) is 14.7. The summed E-state index contributed by atoms with van der Waals surface area (Å²) < 4.78 is 2.28. The van der Waals surface area contributed by atoms with E-state index in [-0.39, 0.29) is 31.9 Å². The number of hydrogen-bond donors (Lipinski definition) is 0. The van der Waals surface area contributed by atoms with Crippen molar-refractivity contribution in [3.63, 3.8) is 0 Å². The zero-order valence-corrected chi connectivity index (χ0v) is 36.8. The van der Waals surface area contributed by atoms with E-state index in [1.807, 2.05) is 6.20 Å². The molecular formula is C53H49N4Pt-3. The van der Waals surface area contributed by atoms with E-state index in [9.17, 15) is 0 Å². The Morgan fingerprint density at radius 1 is 0.534 bits per heavy atom. The third-order valence-corrected chi connectivity index (χ3v) is 11.6. The summed E-state index contributed by atoms with van der Waals surface area (Å²) >= 11 is 0. The van der Waals surface area contributed by atoms with Gasteiger partial charge in [-0.3, -0.25) is 0 Å². The van der Waals surface area contributed by atoms with Crippen molar-refractivity contribution in [3.05, 3.63) is 187 Å². The van der Waals surface area contributed by atoms with Gasteiger partial charge in [-0.2, -0.15) is 53.6 Å². The standard InChI is InChI=1S/C53H49N4.Pt/c1-51(2,3)38-27-28-54-50(34-38)57-46-22-13-12-21-44(46)45-26-25-40(33-49(45)57)53(7,8)39-19-16-20-42(31-39)55-35-56(48-24-15-14-23-47(48)55)43-30-37(36-17-10-9-11-18-36)29-41(32-43)52(4,5)6;/h9-30,32,34-35H,1-8H3;/q-3;. The summed E-state index contributed by atoms with van der Waals surface area (Å²) in [6, 6.07) is 58.1. The van der Waals surface area contributed by atoms with Crippen LogP contribution in [0.4, 0.5) is 22.7 Å². The van der Waals surface area contributed by atoms with Gasteiger partial charge in [0.25, 0.3) is 0 Å². The molecule has 1 aliphatic rings. The van der Waals surface area contributed by atoms with Crippen LogP contribution in [0.15, 0.2) is 146 Å². The van der Waals surface area contributed by atoms with Crippen molar-refractivity contribution < 1.29 is 21.1 Å². The number of benzene rings is 6. The Bertz CT molecular complexity index is 2780. The summed E-state index contributed by atoms with van der Waals surface area (Å²) in [5.41, 5.74) is 13.3. The number of rotatable bonds is 6. The SMILES string of the molecule is CC(C)(C)c1cc(-c2ccccc2)cc(N2[CH-]N(c3[c-]c(C(C)(C)c4[c-]c5c(cc4)c4ccccc4n5-c4cc(C(C)(C)C)ccn4)ccc3)c3ccccc32)c1.[Pt]. The average molecular weight is 937 g/mol. The first-order valence-corrected chi connectivity index (χ1v) is 20.0. The Morgan fingerprint density at radius 3 is 1.95 bits per heavy atom. The maximum atomic E-state index is 4.91. The van der Waals surface area contributed by atoms with Crippen LogP contribution in [-0.2, 0) is 37.3 Å². The second-order valence-electron chi connectivity index (χ2n) is 17.9. The van der Waals surface area contributed by atoms with Gasteiger partial charge in [0.2, 0.25) is 0 Å². The van der Waals surface area contributed by atoms with Crippen molar-refractivity contribution in [1.29, 1.82) is 0 Å². The van der Waals surface area contributed by atoms with E-state index in [2.05, 4.69) is 228 Å². The topological polar surface area (TPSA) is 24.3 Å². The van der Waals surface area contributed by atoms with E-state index in [0.29, 0.717) is 0 Å².